The molecule has 0 bridgehead atoms. The lowest BCUT2D eigenvalue weighted by Gasteiger charge is -2.35. The Kier molecular flexibility index (Phi) is 9.31. The first-order valence-electron chi connectivity index (χ1n) is 11.6. The van der Waals surface area contributed by atoms with Crippen molar-refractivity contribution in [3.05, 3.63) is 48.1 Å². The molecule has 1 fully saturated rings. The normalized spacial score (nSPS) is 19.3. The topological polar surface area (TPSA) is 87.3 Å². The van der Waals surface area contributed by atoms with Crippen LogP contribution in [0.25, 0.3) is 0 Å². The average Bonchev–Trinajstić information content (AvgIpc) is 2.82. The number of amides is 2. The van der Waals surface area contributed by atoms with E-state index in [0.29, 0.717) is 31.5 Å². The number of nitrogens with two attached hydrogens (primary N) is 1. The minimum absolute atomic E-state index is 0.0557. The van der Waals surface area contributed by atoms with Crippen LogP contribution in [0.5, 0.6) is 5.75 Å². The zero-order chi connectivity index (χ0) is 22.8. The van der Waals surface area contributed by atoms with E-state index in [1.807, 2.05) is 24.3 Å². The number of benzene rings is 1. The summed E-state index contributed by atoms with van der Waals surface area (Å²) in [5, 5.41) is 7.66. The van der Waals surface area contributed by atoms with Gasteiger partial charge in [0.1, 0.15) is 12.3 Å². The van der Waals surface area contributed by atoms with Gasteiger partial charge < -0.3 is 15.4 Å². The number of piperidine rings is 1. The van der Waals surface area contributed by atoms with Crippen molar-refractivity contribution in [3.8, 4) is 5.75 Å². The highest BCUT2D eigenvalue weighted by Crippen LogP contribution is 2.33. The van der Waals surface area contributed by atoms with E-state index in [2.05, 4.69) is 40.7 Å². The highest BCUT2D eigenvalue weighted by molar-refractivity contribution is 5.82. The number of rotatable bonds is 10. The smallest absolute Gasteiger partial charge is 0.329 e. The van der Waals surface area contributed by atoms with Gasteiger partial charge in [0.2, 0.25) is 5.91 Å². The van der Waals surface area contributed by atoms with Crippen molar-refractivity contribution in [1.29, 1.82) is 0 Å². The van der Waals surface area contributed by atoms with Crippen molar-refractivity contribution in [1.82, 2.24) is 10.2 Å². The Morgan fingerprint density at radius 2 is 1.94 bits per heavy atom. The minimum atomic E-state index is -0.0743. The number of methoxy groups -OCH3 is 1. The van der Waals surface area contributed by atoms with E-state index in [-0.39, 0.29) is 18.4 Å². The zero-order valence-electron chi connectivity index (χ0n) is 19.3. The summed E-state index contributed by atoms with van der Waals surface area (Å²) < 4.78 is 5.13. The van der Waals surface area contributed by atoms with Gasteiger partial charge in [0.15, 0.2) is 0 Å². The van der Waals surface area contributed by atoms with Crippen LogP contribution in [0.1, 0.15) is 26.2 Å². The fraction of sp³-hybridized carbons (Fsp3) is 0.520. The third-order valence-electron chi connectivity index (χ3n) is 6.30. The van der Waals surface area contributed by atoms with Gasteiger partial charge in [0.25, 0.3) is 0 Å². The highest BCUT2D eigenvalue weighted by Gasteiger charge is 2.26. The molecule has 1 heterocycles. The van der Waals surface area contributed by atoms with Gasteiger partial charge in [-0.1, -0.05) is 30.7 Å². The van der Waals surface area contributed by atoms with Gasteiger partial charge in [-0.15, -0.1) is 0 Å². The molecule has 1 unspecified atom stereocenters. The molecule has 1 aliphatic heterocycles. The van der Waals surface area contributed by atoms with E-state index in [1.165, 1.54) is 0 Å². The lowest BCUT2D eigenvalue weighted by atomic mass is 9.79. The molecule has 7 heteroatoms. The van der Waals surface area contributed by atoms with Gasteiger partial charge in [0, 0.05) is 5.69 Å². The number of carbonyl (C=O) groups is 2. The molecule has 32 heavy (non-hydrogen) atoms. The SMILES string of the molecule is COc1ccc(NCC[NH2+]C(=O)CNC(=O)CN2CCC(C3=CC=CCC3C)CC2)cc1. The molecule has 4 N–H and O–H groups in total. The molecule has 1 aromatic carbocycles. The largest absolute Gasteiger partial charge is 0.497 e. The quantitative estimate of drug-likeness (QED) is 0.480. The molecule has 1 aromatic rings. The predicted octanol–water partition coefficient (Wildman–Crippen LogP) is 1.55. The molecule has 2 amide bonds. The summed E-state index contributed by atoms with van der Waals surface area (Å²) >= 11 is 0. The van der Waals surface area contributed by atoms with E-state index < -0.39 is 0 Å². The van der Waals surface area contributed by atoms with E-state index in [1.54, 1.807) is 18.0 Å². The number of hydrogen-bond acceptors (Lipinski definition) is 5. The summed E-state index contributed by atoms with van der Waals surface area (Å²) in [5.74, 6) is 1.95. The maximum atomic E-state index is 12.3. The lowest BCUT2D eigenvalue weighted by molar-refractivity contribution is -0.564. The molecular weight excluding hydrogens is 404 g/mol. The number of allylic oxidation sites excluding steroid dienone is 4. The van der Waals surface area contributed by atoms with Crippen LogP contribution in [0.4, 0.5) is 5.69 Å². The molecule has 0 spiro atoms. The Balaban J connectivity index is 1.26. The third-order valence-corrected chi connectivity index (χ3v) is 6.30. The van der Waals surface area contributed by atoms with E-state index >= 15 is 0 Å². The molecule has 1 aliphatic carbocycles. The van der Waals surface area contributed by atoms with Crippen LogP contribution in [0.2, 0.25) is 0 Å². The second kappa shape index (κ2) is 12.4. The van der Waals surface area contributed by atoms with E-state index in [0.717, 1.165) is 43.8 Å². The molecular formula is C25H37N4O3+. The van der Waals surface area contributed by atoms with Crippen molar-refractivity contribution in [2.24, 2.45) is 11.8 Å². The summed E-state index contributed by atoms with van der Waals surface area (Å²) in [7, 11) is 1.64. The molecule has 0 aromatic heterocycles. The predicted molar refractivity (Wildman–Crippen MR) is 126 cm³/mol. The summed E-state index contributed by atoms with van der Waals surface area (Å²) in [6.07, 6.45) is 10.0. The monoisotopic (exact) mass is 441 g/mol. The second-order valence-corrected chi connectivity index (χ2v) is 8.67. The van der Waals surface area contributed by atoms with E-state index in [4.69, 9.17) is 4.74 Å². The zero-order valence-corrected chi connectivity index (χ0v) is 19.3. The number of ether oxygens (including phenoxy) is 1. The third kappa shape index (κ3) is 7.50. The highest BCUT2D eigenvalue weighted by atomic mass is 16.5. The van der Waals surface area contributed by atoms with E-state index in [9.17, 15) is 9.59 Å². The lowest BCUT2D eigenvalue weighted by Crippen LogP contribution is -2.90. The molecule has 3 rings (SSSR count). The molecule has 0 saturated carbocycles. The van der Waals surface area contributed by atoms with Crippen molar-refractivity contribution >= 4 is 17.5 Å². The van der Waals surface area contributed by atoms with Crippen molar-refractivity contribution < 1.29 is 19.6 Å². The summed E-state index contributed by atoms with van der Waals surface area (Å²) in [5.41, 5.74) is 2.55. The van der Waals surface area contributed by atoms with Gasteiger partial charge in [-0.25, -0.2) is 4.79 Å². The van der Waals surface area contributed by atoms with Gasteiger partial charge in [-0.05, 0) is 68.5 Å². The number of primary amides is 1. The average molecular weight is 442 g/mol. The minimum Gasteiger partial charge on any atom is -0.497 e. The number of likely N-dealkylation sites (tertiary alicyclic amines) is 1. The summed E-state index contributed by atoms with van der Waals surface area (Å²) in [6, 6.07) is 7.65. The Morgan fingerprint density at radius 1 is 1.19 bits per heavy atom. The number of carbonyl (C=O) groups excluding carboxylic acids is 2. The number of hydrogen-bond donors (Lipinski definition) is 3. The van der Waals surface area contributed by atoms with Crippen LogP contribution in [0.3, 0.4) is 0 Å². The first-order valence-corrected chi connectivity index (χ1v) is 11.6. The molecule has 7 nitrogen and oxygen atoms in total. The van der Waals surface area contributed by atoms with Crippen molar-refractivity contribution in [2.45, 2.75) is 26.2 Å². The number of nitrogens with one attached hydrogen (secondary N) is 2. The van der Waals surface area contributed by atoms with Gasteiger partial charge in [0.05, 0.1) is 26.7 Å². The second-order valence-electron chi connectivity index (χ2n) is 8.67. The van der Waals surface area contributed by atoms with Gasteiger partial charge in [-0.3, -0.25) is 15.0 Å². The van der Waals surface area contributed by atoms with Crippen LogP contribution in [0, 0.1) is 11.8 Å². The van der Waals surface area contributed by atoms with Crippen LogP contribution in [0.15, 0.2) is 48.1 Å². The maximum absolute atomic E-state index is 12.3. The maximum Gasteiger partial charge on any atom is 0.329 e. The van der Waals surface area contributed by atoms with Crippen molar-refractivity contribution in [2.75, 3.05) is 51.7 Å². The van der Waals surface area contributed by atoms with Crippen LogP contribution in [-0.2, 0) is 9.59 Å². The number of anilines is 1. The van der Waals surface area contributed by atoms with Crippen molar-refractivity contribution in [3.63, 3.8) is 0 Å². The standard InChI is InChI=1S/C25H36N4O3/c1-19-5-3-4-6-23(19)20-11-15-29(16-12-20)18-25(31)28-17-24(30)27-14-13-26-21-7-9-22(32-2)10-8-21/h3-4,6-10,19-20,26H,5,11-18H2,1-2H3,(H,27,30)(H,28,31)/p+1. The fourth-order valence-corrected chi connectivity index (χ4v) is 4.40. The Labute approximate surface area is 191 Å². The first-order chi connectivity index (χ1) is 15.5. The number of quaternary nitrogens is 1. The summed E-state index contributed by atoms with van der Waals surface area (Å²) in [6.45, 7) is 5.87. The van der Waals surface area contributed by atoms with Gasteiger partial charge in [-0.2, -0.15) is 0 Å². The molecule has 1 saturated heterocycles. The summed E-state index contributed by atoms with van der Waals surface area (Å²) in [4.78, 5) is 26.5. The Bertz CT molecular complexity index is 811. The molecule has 0 radical (unpaired) electrons. The van der Waals surface area contributed by atoms with Crippen LogP contribution in [-0.4, -0.2) is 63.1 Å². The molecule has 1 atom stereocenters. The molecule has 174 valence electrons. The Hall–Kier alpha value is -2.64. The first kappa shape index (κ1) is 24.0. The fourth-order valence-electron chi connectivity index (χ4n) is 4.40. The number of nitrogens with zero attached hydrogens (tertiary/aromatic N) is 1. The van der Waals surface area contributed by atoms with Gasteiger partial charge >= 0.3 is 5.91 Å². The van der Waals surface area contributed by atoms with Crippen LogP contribution < -0.4 is 20.7 Å². The molecule has 2 aliphatic rings. The Morgan fingerprint density at radius 3 is 2.62 bits per heavy atom. The van der Waals surface area contributed by atoms with Crippen LogP contribution >= 0.6 is 0 Å².